The van der Waals surface area contributed by atoms with Gasteiger partial charge in [-0.2, -0.15) is 0 Å². The average molecular weight is 879 g/mol. The maximum Gasteiger partial charge on any atom is 0.563 e. The predicted octanol–water partition coefficient (Wildman–Crippen LogP) is 12.1. The van der Waals surface area contributed by atoms with Crippen molar-refractivity contribution in [3.63, 3.8) is 0 Å². The van der Waals surface area contributed by atoms with Gasteiger partial charge in [0.15, 0.2) is 23.3 Å². The second-order valence-corrected chi connectivity index (χ2v) is 16.8. The van der Waals surface area contributed by atoms with Crippen LogP contribution in [-0.2, 0) is 0 Å². The molecule has 66 heavy (non-hydrogen) atoms. The van der Waals surface area contributed by atoms with Gasteiger partial charge in [0.2, 0.25) is 0 Å². The molecule has 4 aliphatic rings. The van der Waals surface area contributed by atoms with E-state index >= 15 is 0 Å². The van der Waals surface area contributed by atoms with Crippen molar-refractivity contribution in [3.8, 4) is 0 Å². The quantitative estimate of drug-likeness (QED) is 0.135. The molecule has 0 amide bonds. The molecule has 0 radical (unpaired) electrons. The van der Waals surface area contributed by atoms with Crippen LogP contribution in [0.2, 0.25) is 0 Å². The lowest BCUT2D eigenvalue weighted by Gasteiger charge is -2.11. The molecule has 324 valence electrons. The van der Waals surface area contributed by atoms with Crippen molar-refractivity contribution in [3.05, 3.63) is 179 Å². The summed E-state index contributed by atoms with van der Waals surface area (Å²) in [5.74, 6) is 4.29. The largest absolute Gasteiger partial charge is 0.563 e. The normalized spacial score (nSPS) is 13.2. The van der Waals surface area contributed by atoms with Crippen LogP contribution in [0.3, 0.4) is 0 Å². The smallest absolute Gasteiger partial charge is 0.412 e. The predicted molar refractivity (Wildman–Crippen MR) is 282 cm³/mol. The number of fused-ring (bicyclic) bond motifs is 18. The number of amidine groups is 4. The van der Waals surface area contributed by atoms with Gasteiger partial charge in [-0.15, -0.1) is 0 Å². The zero-order valence-electron chi connectivity index (χ0n) is 38.6. The number of nitrogens with zero attached hydrogens (tertiary/aromatic N) is 8. The highest BCUT2D eigenvalue weighted by atomic mass is 27.1. The Labute approximate surface area is 390 Å². The van der Waals surface area contributed by atoms with Crippen molar-refractivity contribution >= 4 is 115 Å². The first-order valence-corrected chi connectivity index (χ1v) is 24.4. The van der Waals surface area contributed by atoms with E-state index in [0.29, 0.717) is 23.3 Å². The van der Waals surface area contributed by atoms with Gasteiger partial charge in [-0.3, -0.25) is 0 Å². The van der Waals surface area contributed by atoms with Crippen molar-refractivity contribution in [1.82, 2.24) is 7.10 Å². The summed E-state index contributed by atoms with van der Waals surface area (Å²) in [4.78, 5) is 32.8. The third kappa shape index (κ3) is 6.80. The maximum atomic E-state index is 5.56. The Morgan fingerprint density at radius 1 is 0.303 bits per heavy atom. The molecule has 0 atom stereocenters. The number of aromatic nitrogens is 2. The van der Waals surface area contributed by atoms with E-state index in [-0.39, 0.29) is 5.48 Å². The molecule has 14 rings (SSSR count). The van der Waals surface area contributed by atoms with Crippen LogP contribution in [0.15, 0.2) is 176 Å². The highest BCUT2D eigenvalue weighted by Crippen LogP contribution is 2.42. The number of benzene rings is 8. The van der Waals surface area contributed by atoms with Gasteiger partial charge in [-0.05, 0) is 91.6 Å². The zero-order chi connectivity index (χ0) is 44.9. The van der Waals surface area contributed by atoms with Crippen molar-refractivity contribution in [2.45, 2.75) is 55.4 Å². The Balaban J connectivity index is 0.000000580. The first-order chi connectivity index (χ1) is 32.2. The standard InChI is InChI=1S/C48H24N8.4C2H6.Al.H2O.H/c1-2-10-26-18-34-33(17-25(26)9-1)41-49-42(34)54-44-37-21-29-13-5-6-14-30(29)22-38(37)46(51-44)56-48-40-24-32-16-8-7-15-31(32)23-39(40)47(52-48)55-45-36-20-28-12-4-3-11-27(28)19-35(36)43(50-45)53-41;4*1-2;;;/h1-24H;4*1-2H3;;1H2;/q-2;;;;;+2;;. The highest BCUT2D eigenvalue weighted by Gasteiger charge is 2.31. The van der Waals surface area contributed by atoms with E-state index in [1.54, 1.807) is 0 Å². The van der Waals surface area contributed by atoms with Crippen LogP contribution in [-0.4, -0.2) is 51.6 Å². The van der Waals surface area contributed by atoms with Crippen LogP contribution in [0.4, 0.5) is 11.6 Å². The second kappa shape index (κ2) is 17.9. The van der Waals surface area contributed by atoms with Gasteiger partial charge >= 0.3 is 15.7 Å². The third-order valence-corrected chi connectivity index (χ3v) is 13.8. The average Bonchev–Trinajstić information content (AvgIpc) is 4.05. The first kappa shape index (κ1) is 43.9. The summed E-state index contributed by atoms with van der Waals surface area (Å²) in [6.45, 7) is 16.0. The number of hydrogen-bond acceptors (Lipinski definition) is 6. The molecule has 9 nitrogen and oxygen atoms in total. The van der Waals surface area contributed by atoms with Crippen molar-refractivity contribution in [2.24, 2.45) is 30.0 Å². The summed E-state index contributed by atoms with van der Waals surface area (Å²) in [7, 11) is 0. The Bertz CT molecular complexity index is 3610. The minimum Gasteiger partial charge on any atom is -0.412 e. The van der Waals surface area contributed by atoms with Gasteiger partial charge in [0.25, 0.3) is 0 Å². The summed E-state index contributed by atoms with van der Waals surface area (Å²) < 4.78 is 4.72. The topological polar surface area (TPSA) is 116 Å². The molecule has 10 aromatic rings. The second-order valence-electron chi connectivity index (χ2n) is 15.2. The number of rotatable bonds is 0. The zero-order valence-corrected chi connectivity index (χ0v) is 40.1. The summed E-state index contributed by atoms with van der Waals surface area (Å²) >= 11 is -1.54. The van der Waals surface area contributed by atoms with Gasteiger partial charge in [-0.1, -0.05) is 152 Å². The summed E-state index contributed by atoms with van der Waals surface area (Å²) in [6, 6.07) is 51.9. The minimum atomic E-state index is -1.54. The molecule has 6 bridgehead atoms. The van der Waals surface area contributed by atoms with E-state index in [1.165, 1.54) is 0 Å². The lowest BCUT2D eigenvalue weighted by atomic mass is 10.0. The molecule has 8 aromatic carbocycles. The molecule has 2 aromatic heterocycles. The number of aliphatic imine (C=N–C) groups is 4. The molecule has 0 aliphatic carbocycles. The van der Waals surface area contributed by atoms with Crippen LogP contribution in [0.25, 0.3) is 64.6 Å². The molecule has 6 heterocycles. The van der Waals surface area contributed by atoms with Crippen LogP contribution in [0, 0.1) is 0 Å². The van der Waals surface area contributed by atoms with Crippen LogP contribution in [0.5, 0.6) is 0 Å². The molecular weight excluding hydrogens is 828 g/mol. The van der Waals surface area contributed by atoms with Crippen LogP contribution < -0.4 is 11.0 Å². The lowest BCUT2D eigenvalue weighted by Crippen LogP contribution is -2.36. The Morgan fingerprint density at radius 3 is 0.864 bits per heavy atom. The molecule has 0 saturated carbocycles. The molecule has 2 N–H and O–H groups in total. The fourth-order valence-corrected chi connectivity index (χ4v) is 11.1. The van der Waals surface area contributed by atoms with Gasteiger partial charge in [-0.25, -0.2) is 30.0 Å². The lowest BCUT2D eigenvalue weighted by molar-refractivity contribution is 0.824. The molecular formula is C56H51AlN8O. The summed E-state index contributed by atoms with van der Waals surface area (Å²) in [5.41, 5.74) is 5.56. The van der Waals surface area contributed by atoms with Crippen LogP contribution in [0.1, 0.15) is 77.6 Å². The Hall–Kier alpha value is -7.35. The van der Waals surface area contributed by atoms with Gasteiger partial charge < -0.3 is 12.6 Å². The summed E-state index contributed by atoms with van der Waals surface area (Å²) in [6.07, 6.45) is 0. The number of hydrogen-bond donors (Lipinski definition) is 0. The first-order valence-electron chi connectivity index (χ1n) is 23.1. The molecule has 0 fully saturated rings. The fourth-order valence-electron chi connectivity index (χ4n) is 9.30. The Morgan fingerprint density at radius 2 is 0.561 bits per heavy atom. The van der Waals surface area contributed by atoms with Crippen LogP contribution >= 0.6 is 0 Å². The van der Waals surface area contributed by atoms with Crippen molar-refractivity contribution < 1.29 is 5.48 Å². The molecule has 0 unspecified atom stereocenters. The van der Waals surface area contributed by atoms with Crippen molar-refractivity contribution in [2.75, 3.05) is 0 Å². The monoisotopic (exact) mass is 878 g/mol. The molecule has 10 heteroatoms. The van der Waals surface area contributed by atoms with Crippen molar-refractivity contribution in [1.29, 1.82) is 0 Å². The van der Waals surface area contributed by atoms with E-state index in [9.17, 15) is 0 Å². The van der Waals surface area contributed by atoms with E-state index < -0.39 is 15.7 Å². The highest BCUT2D eigenvalue weighted by molar-refractivity contribution is 6.38. The maximum absolute atomic E-state index is 5.56. The minimum absolute atomic E-state index is 0. The Kier molecular flexibility index (Phi) is 11.9. The van der Waals surface area contributed by atoms with Gasteiger partial charge in [0.1, 0.15) is 22.6 Å². The van der Waals surface area contributed by atoms with Gasteiger partial charge in [0.05, 0.1) is 0 Å². The third-order valence-electron chi connectivity index (χ3n) is 12.0. The molecule has 0 saturated heterocycles. The summed E-state index contributed by atoms with van der Waals surface area (Å²) in [5, 5.41) is 13.2. The van der Waals surface area contributed by atoms with Gasteiger partial charge in [0, 0.05) is 43.8 Å². The van der Waals surface area contributed by atoms with E-state index in [2.05, 4.69) is 153 Å². The van der Waals surface area contributed by atoms with E-state index in [0.717, 1.165) is 109 Å². The van der Waals surface area contributed by atoms with E-state index in [4.69, 9.17) is 30.0 Å². The molecule has 0 spiro atoms. The fraction of sp³-hybridized carbons (Fsp3) is 0.143. The van der Waals surface area contributed by atoms with E-state index in [1.807, 2.05) is 55.4 Å². The SMILES string of the molecule is CC.CC.CC.CC.O.c1ccc2cc3c(cc2c1)C1=NC3=Nc2c3cc4ccccc4cc3c3[n]2[AlH][n]2c(c4cc5ccccc5cc4c2=NC2=NC(=N3)c3cc4ccccc4cc32)=N1. The molecule has 4 aliphatic heterocycles.